The first-order valence-corrected chi connectivity index (χ1v) is 26.5. The molecule has 1 amide bonds. The van der Waals surface area contributed by atoms with E-state index in [1.807, 2.05) is 6.08 Å². The van der Waals surface area contributed by atoms with Crippen LogP contribution in [0.1, 0.15) is 245 Å². The number of aliphatic hydroxyl groups is 2. The molecule has 0 saturated carbocycles. The third-order valence-electron chi connectivity index (χ3n) is 11.3. The van der Waals surface area contributed by atoms with Crippen LogP contribution < -0.4 is 11.1 Å². The zero-order valence-corrected chi connectivity index (χ0v) is 39.5. The summed E-state index contributed by atoms with van der Waals surface area (Å²) in [5, 5.41) is 24.1. The van der Waals surface area contributed by atoms with Crippen molar-refractivity contribution in [2.75, 3.05) is 19.8 Å². The molecule has 9 nitrogen and oxygen atoms in total. The Labute approximate surface area is 364 Å². The van der Waals surface area contributed by atoms with Gasteiger partial charge in [-0.05, 0) is 32.1 Å². The maximum atomic E-state index is 12.9. The molecule has 0 aliphatic rings. The molecule has 0 bridgehead atoms. The van der Waals surface area contributed by atoms with E-state index >= 15 is 0 Å². The molecule has 0 radical (unpaired) electrons. The maximum Gasteiger partial charge on any atom is 0.472 e. The van der Waals surface area contributed by atoms with Gasteiger partial charge in [0.05, 0.1) is 37.9 Å². The molecular formula is C49H97N2O7P. The van der Waals surface area contributed by atoms with Gasteiger partial charge < -0.3 is 26.2 Å². The zero-order chi connectivity index (χ0) is 43.3. The van der Waals surface area contributed by atoms with Gasteiger partial charge in [-0.2, -0.15) is 0 Å². The molecule has 0 aromatic carbocycles. The minimum absolute atomic E-state index is 0.0462. The highest BCUT2D eigenvalue weighted by atomic mass is 31.2. The summed E-state index contributed by atoms with van der Waals surface area (Å²) in [6, 6.07) is -0.996. The van der Waals surface area contributed by atoms with Gasteiger partial charge in [0.2, 0.25) is 5.91 Å². The van der Waals surface area contributed by atoms with Gasteiger partial charge in [-0.25, -0.2) is 4.57 Å². The van der Waals surface area contributed by atoms with E-state index in [9.17, 15) is 24.5 Å². The van der Waals surface area contributed by atoms with Crippen LogP contribution in [-0.2, 0) is 18.4 Å². The Hall–Kier alpha value is -1.06. The molecule has 10 heteroatoms. The third kappa shape index (κ3) is 43.4. The van der Waals surface area contributed by atoms with Crippen LogP contribution in [-0.4, -0.2) is 59.0 Å². The number of allylic oxidation sites excluding steroid dienone is 3. The number of carbonyl (C=O) groups is 1. The number of hydrogen-bond donors (Lipinski definition) is 5. The maximum absolute atomic E-state index is 12.9. The number of unbranched alkanes of at least 4 members (excludes halogenated alkanes) is 31. The molecule has 0 heterocycles. The molecule has 4 unspecified atom stereocenters. The molecule has 0 fully saturated rings. The monoisotopic (exact) mass is 857 g/mol. The van der Waals surface area contributed by atoms with Gasteiger partial charge in [-0.1, -0.05) is 231 Å². The second-order valence-corrected chi connectivity index (χ2v) is 18.7. The summed E-state index contributed by atoms with van der Waals surface area (Å²) in [6.45, 7) is 3.98. The van der Waals surface area contributed by atoms with Crippen molar-refractivity contribution in [2.24, 2.45) is 5.73 Å². The van der Waals surface area contributed by atoms with E-state index < -0.39 is 38.6 Å². The van der Waals surface area contributed by atoms with Crippen molar-refractivity contribution >= 4 is 13.7 Å². The Kier molecular flexibility index (Phi) is 44.2. The van der Waals surface area contributed by atoms with Gasteiger partial charge in [0.1, 0.15) is 0 Å². The van der Waals surface area contributed by atoms with Gasteiger partial charge >= 0.3 is 7.82 Å². The smallest absolute Gasteiger partial charge is 0.393 e. The van der Waals surface area contributed by atoms with Crippen molar-refractivity contribution in [3.05, 3.63) is 24.3 Å². The van der Waals surface area contributed by atoms with Gasteiger partial charge in [0.25, 0.3) is 0 Å². The van der Waals surface area contributed by atoms with Gasteiger partial charge in [-0.15, -0.1) is 0 Å². The number of nitrogens with one attached hydrogen (secondary N) is 1. The van der Waals surface area contributed by atoms with Crippen molar-refractivity contribution in [2.45, 2.75) is 263 Å². The number of hydrogen-bond acceptors (Lipinski definition) is 7. The topological polar surface area (TPSA) is 151 Å². The number of nitrogens with two attached hydrogens (primary N) is 1. The molecule has 0 aliphatic heterocycles. The molecule has 6 N–H and O–H groups in total. The highest BCUT2D eigenvalue weighted by molar-refractivity contribution is 7.47. The highest BCUT2D eigenvalue weighted by Gasteiger charge is 2.27. The van der Waals surface area contributed by atoms with Crippen molar-refractivity contribution in [3.8, 4) is 0 Å². The number of phosphoric acid groups is 1. The summed E-state index contributed by atoms with van der Waals surface area (Å²) in [6.07, 6.45) is 49.9. The summed E-state index contributed by atoms with van der Waals surface area (Å²) in [5.74, 6) is -0.451. The van der Waals surface area contributed by atoms with E-state index in [-0.39, 0.29) is 19.6 Å². The first kappa shape index (κ1) is 57.9. The predicted molar refractivity (Wildman–Crippen MR) is 251 cm³/mol. The standard InChI is InChI=1S/C49H97N2O7P/c1-3-5-7-9-11-13-15-17-19-21-22-23-25-26-28-30-32-34-36-38-40-46(52)44-49(54)51-47(45-58-59(55,56)57-43-42-50)48(53)41-39-37-35-33-31-29-27-24-20-18-16-14-12-10-8-6-4-2/h31,33,39,41,46-48,52-53H,3-30,32,34-38,40,42-45,50H2,1-2H3,(H,51,54)(H,55,56)/b33-31+,41-39+. The lowest BCUT2D eigenvalue weighted by Gasteiger charge is -2.24. The molecule has 350 valence electrons. The van der Waals surface area contributed by atoms with Crippen LogP contribution in [0.15, 0.2) is 24.3 Å². The van der Waals surface area contributed by atoms with Gasteiger partial charge in [-0.3, -0.25) is 13.8 Å². The first-order chi connectivity index (χ1) is 28.8. The van der Waals surface area contributed by atoms with Crippen LogP contribution >= 0.6 is 7.82 Å². The lowest BCUT2D eigenvalue weighted by molar-refractivity contribution is -0.124. The Morgan fingerprint density at radius 1 is 0.576 bits per heavy atom. The average molecular weight is 857 g/mol. The predicted octanol–water partition coefficient (Wildman–Crippen LogP) is 13.5. The molecule has 0 rings (SSSR count). The summed E-state index contributed by atoms with van der Waals surface area (Å²) in [4.78, 5) is 22.8. The summed E-state index contributed by atoms with van der Waals surface area (Å²) >= 11 is 0. The van der Waals surface area contributed by atoms with Crippen molar-refractivity contribution in [1.82, 2.24) is 5.32 Å². The van der Waals surface area contributed by atoms with Crippen molar-refractivity contribution in [1.29, 1.82) is 0 Å². The average Bonchev–Trinajstić information content (AvgIpc) is 3.21. The first-order valence-electron chi connectivity index (χ1n) is 25.0. The van der Waals surface area contributed by atoms with Gasteiger partial charge in [0.15, 0.2) is 0 Å². The lowest BCUT2D eigenvalue weighted by atomic mass is 10.0. The van der Waals surface area contributed by atoms with E-state index in [1.165, 1.54) is 180 Å². The minimum Gasteiger partial charge on any atom is -0.393 e. The number of phosphoric ester groups is 1. The fourth-order valence-electron chi connectivity index (χ4n) is 7.55. The molecule has 0 aliphatic carbocycles. The van der Waals surface area contributed by atoms with E-state index in [0.29, 0.717) is 12.8 Å². The van der Waals surface area contributed by atoms with Crippen LogP contribution in [0.4, 0.5) is 0 Å². The van der Waals surface area contributed by atoms with Crippen LogP contribution in [0.2, 0.25) is 0 Å². The van der Waals surface area contributed by atoms with Crippen molar-refractivity contribution < 1.29 is 33.5 Å². The van der Waals surface area contributed by atoms with E-state index in [2.05, 4.69) is 31.3 Å². The molecule has 0 spiro atoms. The van der Waals surface area contributed by atoms with Crippen LogP contribution in [0.3, 0.4) is 0 Å². The number of carbonyl (C=O) groups excluding carboxylic acids is 1. The second kappa shape index (κ2) is 45.0. The molecule has 59 heavy (non-hydrogen) atoms. The minimum atomic E-state index is -4.41. The fourth-order valence-corrected chi connectivity index (χ4v) is 8.31. The summed E-state index contributed by atoms with van der Waals surface area (Å²) in [5.41, 5.74) is 5.37. The number of amides is 1. The molecule has 4 atom stereocenters. The SMILES string of the molecule is CCCCCCCCCCCCC/C=C/CC/C=C/C(O)C(COP(=O)(O)OCCN)NC(=O)CC(O)CCCCCCCCCCCCCCCCCCCCCC. The van der Waals surface area contributed by atoms with Gasteiger partial charge in [0, 0.05) is 6.54 Å². The largest absolute Gasteiger partial charge is 0.472 e. The Morgan fingerprint density at radius 2 is 0.966 bits per heavy atom. The zero-order valence-electron chi connectivity index (χ0n) is 38.6. The fraction of sp³-hybridized carbons (Fsp3) is 0.898. The van der Waals surface area contributed by atoms with E-state index in [4.69, 9.17) is 14.8 Å². The quantitative estimate of drug-likeness (QED) is 0.0230. The van der Waals surface area contributed by atoms with Crippen LogP contribution in [0, 0.1) is 0 Å². The molecular weight excluding hydrogens is 760 g/mol. The van der Waals surface area contributed by atoms with E-state index in [0.717, 1.165) is 32.1 Å². The van der Waals surface area contributed by atoms with E-state index in [1.54, 1.807) is 6.08 Å². The normalized spacial score (nSPS) is 14.6. The second-order valence-electron chi connectivity index (χ2n) is 17.2. The lowest BCUT2D eigenvalue weighted by Crippen LogP contribution is -2.46. The summed E-state index contributed by atoms with van der Waals surface area (Å²) < 4.78 is 22.1. The number of aliphatic hydroxyl groups excluding tert-OH is 2. The molecule has 0 aromatic rings. The van der Waals surface area contributed by atoms with Crippen LogP contribution in [0.5, 0.6) is 0 Å². The Balaban J connectivity index is 4.22. The van der Waals surface area contributed by atoms with Crippen molar-refractivity contribution in [3.63, 3.8) is 0 Å². The third-order valence-corrected chi connectivity index (χ3v) is 12.3. The van der Waals surface area contributed by atoms with Crippen LogP contribution in [0.25, 0.3) is 0 Å². The molecule has 0 aromatic heterocycles. The highest BCUT2D eigenvalue weighted by Crippen LogP contribution is 2.43. The Morgan fingerprint density at radius 3 is 1.41 bits per heavy atom. The Bertz CT molecular complexity index is 997. The number of rotatable bonds is 47. The molecule has 0 saturated heterocycles. The summed E-state index contributed by atoms with van der Waals surface area (Å²) in [7, 11) is -4.41.